The first-order chi connectivity index (χ1) is 23.8. The molecule has 0 saturated heterocycles. The van der Waals surface area contributed by atoms with Gasteiger partial charge in [0, 0.05) is 19.5 Å². The van der Waals surface area contributed by atoms with Crippen LogP contribution in [-0.4, -0.2) is 159 Å². The van der Waals surface area contributed by atoms with E-state index in [1.165, 1.54) is 116 Å². The standard InChI is InChI=1S/C42H80N6S2Si/c1-41(2,3)37-33-35-39(49-37)40-36(34-38(50-40)42(4,5)6)51(35,31-19-29-47(25-15-21-43(7)8)26-16-22-44(9)10)32-20-30-48(27-17-23-45(11)12)28-18-24-46(13)14/h33-34H,15-32H2,1-14H3. The SMILES string of the molecule is CN(C)CCCN(CCCN(C)C)CCC[Si]1(CCCN(CCCN(C)C)CCCN(C)C)c2cc(C(C)(C)C)sc2-c2sc(C(C)(C)C)cc21. The Labute approximate surface area is 325 Å². The predicted octanol–water partition coefficient (Wildman–Crippen LogP) is 7.14. The third-order valence-electron chi connectivity index (χ3n) is 10.7. The van der Waals surface area contributed by atoms with E-state index < -0.39 is 8.07 Å². The third kappa shape index (κ3) is 13.9. The van der Waals surface area contributed by atoms with Gasteiger partial charge in [-0.05, 0) is 206 Å². The molecule has 6 nitrogen and oxygen atoms in total. The van der Waals surface area contributed by atoms with Gasteiger partial charge in [0.15, 0.2) is 0 Å². The van der Waals surface area contributed by atoms with Gasteiger partial charge in [-0.3, -0.25) is 0 Å². The summed E-state index contributed by atoms with van der Waals surface area (Å²) in [6.07, 6.45) is 7.63. The summed E-state index contributed by atoms with van der Waals surface area (Å²) in [6.45, 7) is 26.5. The lowest BCUT2D eigenvalue weighted by atomic mass is 9.95. The first kappa shape index (κ1) is 44.8. The van der Waals surface area contributed by atoms with E-state index >= 15 is 0 Å². The second-order valence-electron chi connectivity index (χ2n) is 18.8. The molecule has 0 aromatic carbocycles. The Morgan fingerprint density at radius 2 is 0.706 bits per heavy atom. The van der Waals surface area contributed by atoms with Crippen LogP contribution in [0.4, 0.5) is 0 Å². The summed E-state index contributed by atoms with van der Waals surface area (Å²) in [6, 6.07) is 8.22. The Bertz CT molecular complexity index is 1160. The zero-order chi connectivity index (χ0) is 38.0. The second kappa shape index (κ2) is 20.3. The molecule has 2 aromatic rings. The molecule has 3 heterocycles. The molecule has 0 N–H and O–H groups in total. The van der Waals surface area contributed by atoms with Crippen molar-refractivity contribution in [1.82, 2.24) is 29.4 Å². The zero-order valence-corrected chi connectivity index (χ0v) is 38.5. The van der Waals surface area contributed by atoms with E-state index in [1.54, 1.807) is 29.9 Å². The van der Waals surface area contributed by atoms with Crippen LogP contribution < -0.4 is 10.4 Å². The quantitative estimate of drug-likeness (QED) is 0.105. The normalized spacial score (nSPS) is 14.7. The molecule has 0 aliphatic carbocycles. The lowest BCUT2D eigenvalue weighted by Crippen LogP contribution is -2.55. The number of rotatable bonds is 24. The van der Waals surface area contributed by atoms with Crippen molar-refractivity contribution in [2.24, 2.45) is 0 Å². The van der Waals surface area contributed by atoms with Crippen molar-refractivity contribution in [2.45, 2.75) is 103 Å². The number of hydrogen-bond acceptors (Lipinski definition) is 8. The summed E-state index contributed by atoms with van der Waals surface area (Å²) in [5, 5.41) is 3.61. The number of fused-ring (bicyclic) bond motifs is 3. The van der Waals surface area contributed by atoms with Crippen LogP contribution in [0.15, 0.2) is 12.1 Å². The van der Waals surface area contributed by atoms with Crippen molar-refractivity contribution < 1.29 is 0 Å². The highest BCUT2D eigenvalue weighted by atomic mass is 32.1. The van der Waals surface area contributed by atoms with Crippen molar-refractivity contribution in [1.29, 1.82) is 0 Å². The highest BCUT2D eigenvalue weighted by molar-refractivity contribution is 7.29. The van der Waals surface area contributed by atoms with Crippen LogP contribution in [0, 0.1) is 0 Å². The van der Waals surface area contributed by atoms with Crippen LogP contribution in [0.3, 0.4) is 0 Å². The lowest BCUT2D eigenvalue weighted by molar-refractivity contribution is 0.240. The molecule has 51 heavy (non-hydrogen) atoms. The molecular formula is C42H80N6S2Si. The lowest BCUT2D eigenvalue weighted by Gasteiger charge is -2.32. The number of thiophene rings is 2. The highest BCUT2D eigenvalue weighted by Crippen LogP contribution is 2.46. The van der Waals surface area contributed by atoms with Crippen molar-refractivity contribution in [2.75, 3.05) is 122 Å². The molecule has 1 aliphatic rings. The monoisotopic (exact) mass is 761 g/mol. The van der Waals surface area contributed by atoms with Crippen LogP contribution in [0.2, 0.25) is 12.1 Å². The topological polar surface area (TPSA) is 19.4 Å². The fraction of sp³-hybridized carbons (Fsp3) is 0.810. The molecule has 2 aromatic heterocycles. The first-order valence-electron chi connectivity index (χ1n) is 20.2. The fourth-order valence-corrected chi connectivity index (χ4v) is 17.1. The Morgan fingerprint density at radius 1 is 0.431 bits per heavy atom. The largest absolute Gasteiger partial charge is 0.309 e. The Balaban J connectivity index is 1.96. The molecule has 9 heteroatoms. The predicted molar refractivity (Wildman–Crippen MR) is 234 cm³/mol. The van der Waals surface area contributed by atoms with Crippen molar-refractivity contribution in [3.8, 4) is 9.75 Å². The van der Waals surface area contributed by atoms with Crippen LogP contribution >= 0.6 is 22.7 Å². The molecule has 0 spiro atoms. The molecule has 0 radical (unpaired) electrons. The van der Waals surface area contributed by atoms with E-state index in [0.717, 1.165) is 0 Å². The van der Waals surface area contributed by atoms with Gasteiger partial charge in [0.2, 0.25) is 0 Å². The van der Waals surface area contributed by atoms with Crippen LogP contribution in [0.1, 0.15) is 89.8 Å². The van der Waals surface area contributed by atoms with Crippen molar-refractivity contribution >= 4 is 41.1 Å². The molecule has 0 unspecified atom stereocenters. The minimum Gasteiger partial charge on any atom is -0.309 e. The first-order valence-corrected chi connectivity index (χ1v) is 24.2. The van der Waals surface area contributed by atoms with Gasteiger partial charge in [0.25, 0.3) is 0 Å². The van der Waals surface area contributed by atoms with Gasteiger partial charge in [0.1, 0.15) is 8.07 Å². The van der Waals surface area contributed by atoms with Crippen LogP contribution in [0.25, 0.3) is 9.75 Å². The average Bonchev–Trinajstić information content (AvgIpc) is 3.69. The number of hydrogen-bond donors (Lipinski definition) is 0. The molecule has 0 saturated carbocycles. The molecule has 1 aliphatic heterocycles. The molecule has 294 valence electrons. The summed E-state index contributed by atoms with van der Waals surface area (Å²) >= 11 is 4.28. The Morgan fingerprint density at radius 3 is 0.961 bits per heavy atom. The van der Waals surface area contributed by atoms with Crippen molar-refractivity contribution in [3.63, 3.8) is 0 Å². The summed E-state index contributed by atoms with van der Waals surface area (Å²) in [5.41, 5.74) is 0.371. The zero-order valence-electron chi connectivity index (χ0n) is 35.9. The average molecular weight is 761 g/mol. The smallest absolute Gasteiger partial charge is 0.122 e. The maximum atomic E-state index is 2.81. The van der Waals surface area contributed by atoms with Crippen molar-refractivity contribution in [3.05, 3.63) is 21.9 Å². The van der Waals surface area contributed by atoms with Gasteiger partial charge in [0.05, 0.1) is 0 Å². The minimum atomic E-state index is -1.99. The van der Waals surface area contributed by atoms with Gasteiger partial charge in [-0.1, -0.05) is 41.5 Å². The van der Waals surface area contributed by atoms with Gasteiger partial charge >= 0.3 is 0 Å². The minimum absolute atomic E-state index is 0.185. The van der Waals surface area contributed by atoms with Gasteiger partial charge in [-0.25, -0.2) is 0 Å². The molecule has 3 rings (SSSR count). The molecule has 0 fully saturated rings. The Hall–Kier alpha value is -0.623. The molecule has 0 bridgehead atoms. The van der Waals surface area contributed by atoms with E-state index in [1.807, 2.05) is 0 Å². The highest BCUT2D eigenvalue weighted by Gasteiger charge is 2.48. The molecule has 0 atom stereocenters. The summed E-state index contributed by atoms with van der Waals surface area (Å²) in [4.78, 5) is 21.5. The summed E-state index contributed by atoms with van der Waals surface area (Å²) in [5.74, 6) is 0. The maximum Gasteiger partial charge on any atom is 0.122 e. The maximum absolute atomic E-state index is 2.81. The van der Waals surface area contributed by atoms with Crippen LogP contribution in [-0.2, 0) is 10.8 Å². The third-order valence-corrected chi connectivity index (χ3v) is 19.6. The van der Waals surface area contributed by atoms with Gasteiger partial charge in [-0.2, -0.15) is 0 Å². The summed E-state index contributed by atoms with van der Waals surface area (Å²) < 4.78 is 0. The van der Waals surface area contributed by atoms with Gasteiger partial charge < -0.3 is 29.4 Å². The second-order valence-corrected chi connectivity index (χ2v) is 25.2. The van der Waals surface area contributed by atoms with E-state index in [2.05, 4.69) is 162 Å². The van der Waals surface area contributed by atoms with Gasteiger partial charge in [-0.15, -0.1) is 22.7 Å². The van der Waals surface area contributed by atoms with Crippen LogP contribution in [0.5, 0.6) is 0 Å². The van der Waals surface area contributed by atoms with E-state index in [0.29, 0.717) is 0 Å². The van der Waals surface area contributed by atoms with E-state index in [-0.39, 0.29) is 10.8 Å². The fourth-order valence-electron chi connectivity index (χ4n) is 7.70. The number of nitrogens with zero attached hydrogens (tertiary/aromatic N) is 6. The molecular weight excluding hydrogens is 681 g/mol. The van der Waals surface area contributed by atoms with E-state index in [4.69, 9.17) is 0 Å². The Kier molecular flexibility index (Phi) is 17.9. The molecule has 0 amide bonds. The van der Waals surface area contributed by atoms with E-state index in [9.17, 15) is 0 Å². The summed E-state index contributed by atoms with van der Waals surface area (Å²) in [7, 11) is 15.7.